The van der Waals surface area contributed by atoms with Gasteiger partial charge in [-0.25, -0.2) is 0 Å². The van der Waals surface area contributed by atoms with Crippen molar-refractivity contribution in [3.63, 3.8) is 0 Å². The quantitative estimate of drug-likeness (QED) is 0.741. The highest BCUT2D eigenvalue weighted by atomic mass is 15.2. The van der Waals surface area contributed by atoms with Gasteiger partial charge in [-0.2, -0.15) is 5.10 Å². The zero-order valence-corrected chi connectivity index (χ0v) is 11.6. The van der Waals surface area contributed by atoms with Crippen molar-refractivity contribution in [2.45, 2.75) is 32.2 Å². The van der Waals surface area contributed by atoms with Gasteiger partial charge in [0.15, 0.2) is 0 Å². The van der Waals surface area contributed by atoms with Gasteiger partial charge in [0, 0.05) is 19.3 Å². The minimum atomic E-state index is 0.614. The third-order valence-corrected chi connectivity index (χ3v) is 2.96. The molecule has 0 aliphatic heterocycles. The van der Waals surface area contributed by atoms with E-state index in [4.69, 9.17) is 0 Å². The molecule has 0 fully saturated rings. The standard InChI is InChI=1S/C13H26N4/c1-5-14-13(8-9-16(2)3)7-6-12-10-15-17(4)11-12/h10-11,13-14H,5-9H2,1-4H3. The Morgan fingerprint density at radius 1 is 1.41 bits per heavy atom. The van der Waals surface area contributed by atoms with Crippen molar-refractivity contribution in [3.05, 3.63) is 18.0 Å². The summed E-state index contributed by atoms with van der Waals surface area (Å²) >= 11 is 0. The molecule has 1 aromatic heterocycles. The summed E-state index contributed by atoms with van der Waals surface area (Å²) in [6, 6.07) is 0.614. The topological polar surface area (TPSA) is 33.1 Å². The minimum Gasteiger partial charge on any atom is -0.314 e. The van der Waals surface area contributed by atoms with Crippen molar-refractivity contribution in [2.75, 3.05) is 27.2 Å². The Bertz CT molecular complexity index is 306. The van der Waals surface area contributed by atoms with Crippen LogP contribution in [0.2, 0.25) is 0 Å². The van der Waals surface area contributed by atoms with Crippen LogP contribution in [0, 0.1) is 0 Å². The van der Waals surface area contributed by atoms with E-state index in [2.05, 4.69) is 42.5 Å². The lowest BCUT2D eigenvalue weighted by Crippen LogP contribution is -2.32. The molecule has 4 nitrogen and oxygen atoms in total. The van der Waals surface area contributed by atoms with Crippen LogP contribution in [-0.4, -0.2) is 47.9 Å². The van der Waals surface area contributed by atoms with Gasteiger partial charge in [-0.3, -0.25) is 4.68 Å². The lowest BCUT2D eigenvalue weighted by Gasteiger charge is -2.19. The maximum Gasteiger partial charge on any atom is 0.0521 e. The molecule has 4 heteroatoms. The van der Waals surface area contributed by atoms with Crippen molar-refractivity contribution >= 4 is 0 Å². The van der Waals surface area contributed by atoms with Crippen LogP contribution in [-0.2, 0) is 13.5 Å². The number of hydrogen-bond donors (Lipinski definition) is 1. The van der Waals surface area contributed by atoms with Crippen LogP contribution in [0.25, 0.3) is 0 Å². The van der Waals surface area contributed by atoms with Crippen LogP contribution in [0.5, 0.6) is 0 Å². The lowest BCUT2D eigenvalue weighted by molar-refractivity contribution is 0.351. The number of nitrogens with one attached hydrogen (secondary N) is 1. The summed E-state index contributed by atoms with van der Waals surface area (Å²) in [5.74, 6) is 0. The fraction of sp³-hybridized carbons (Fsp3) is 0.769. The summed E-state index contributed by atoms with van der Waals surface area (Å²) in [7, 11) is 6.23. The van der Waals surface area contributed by atoms with Crippen LogP contribution in [0.4, 0.5) is 0 Å². The highest BCUT2D eigenvalue weighted by Gasteiger charge is 2.08. The molecule has 1 rings (SSSR count). The molecule has 1 aromatic rings. The zero-order valence-electron chi connectivity index (χ0n) is 11.6. The van der Waals surface area contributed by atoms with Gasteiger partial charge < -0.3 is 10.2 Å². The molecule has 0 spiro atoms. The summed E-state index contributed by atoms with van der Waals surface area (Å²) in [4.78, 5) is 2.24. The molecule has 0 bridgehead atoms. The minimum absolute atomic E-state index is 0.614. The summed E-state index contributed by atoms with van der Waals surface area (Å²) in [5, 5.41) is 7.76. The fourth-order valence-corrected chi connectivity index (χ4v) is 1.99. The van der Waals surface area contributed by atoms with Crippen LogP contribution in [0.3, 0.4) is 0 Å². The number of hydrogen-bond acceptors (Lipinski definition) is 3. The third kappa shape index (κ3) is 5.84. The van der Waals surface area contributed by atoms with Gasteiger partial charge in [-0.1, -0.05) is 6.92 Å². The summed E-state index contributed by atoms with van der Waals surface area (Å²) in [6.45, 7) is 4.36. The average Bonchev–Trinajstić information content (AvgIpc) is 2.68. The van der Waals surface area contributed by atoms with E-state index in [0.717, 1.165) is 19.5 Å². The fourth-order valence-electron chi connectivity index (χ4n) is 1.99. The molecule has 1 unspecified atom stereocenters. The summed E-state index contributed by atoms with van der Waals surface area (Å²) in [6.07, 6.45) is 7.58. The van der Waals surface area contributed by atoms with Crippen molar-refractivity contribution < 1.29 is 0 Å². The third-order valence-electron chi connectivity index (χ3n) is 2.96. The molecule has 98 valence electrons. The van der Waals surface area contributed by atoms with Gasteiger partial charge in [0.25, 0.3) is 0 Å². The maximum absolute atomic E-state index is 4.20. The second kappa shape index (κ2) is 7.45. The Morgan fingerprint density at radius 3 is 2.71 bits per heavy atom. The van der Waals surface area contributed by atoms with Gasteiger partial charge in [-0.05, 0) is 52.0 Å². The number of aromatic nitrogens is 2. The van der Waals surface area contributed by atoms with E-state index in [1.807, 2.05) is 17.9 Å². The Balaban J connectivity index is 2.33. The molecule has 0 amide bonds. The SMILES string of the molecule is CCNC(CCc1cnn(C)c1)CCN(C)C. The molecular formula is C13H26N4. The molecular weight excluding hydrogens is 212 g/mol. The highest BCUT2D eigenvalue weighted by Crippen LogP contribution is 2.07. The van der Waals surface area contributed by atoms with Gasteiger partial charge >= 0.3 is 0 Å². The van der Waals surface area contributed by atoms with Crippen LogP contribution >= 0.6 is 0 Å². The maximum atomic E-state index is 4.20. The normalized spacial score (nSPS) is 13.2. The van der Waals surface area contributed by atoms with Crippen molar-refractivity contribution in [1.82, 2.24) is 20.0 Å². The average molecular weight is 238 g/mol. The van der Waals surface area contributed by atoms with E-state index < -0.39 is 0 Å². The molecule has 1 atom stereocenters. The Kier molecular flexibility index (Phi) is 6.22. The van der Waals surface area contributed by atoms with Crippen LogP contribution in [0.1, 0.15) is 25.3 Å². The zero-order chi connectivity index (χ0) is 12.7. The molecule has 1 N–H and O–H groups in total. The Morgan fingerprint density at radius 2 is 2.18 bits per heavy atom. The predicted octanol–water partition coefficient (Wildman–Crippen LogP) is 1.28. The van der Waals surface area contributed by atoms with E-state index in [1.165, 1.54) is 18.4 Å². The first-order chi connectivity index (χ1) is 8.11. The molecule has 17 heavy (non-hydrogen) atoms. The molecule has 1 heterocycles. The second-order valence-corrected chi connectivity index (χ2v) is 4.91. The Hall–Kier alpha value is -0.870. The largest absolute Gasteiger partial charge is 0.314 e. The summed E-state index contributed by atoms with van der Waals surface area (Å²) in [5.41, 5.74) is 1.33. The van der Waals surface area contributed by atoms with Crippen LogP contribution in [0.15, 0.2) is 12.4 Å². The molecule has 0 aliphatic rings. The van der Waals surface area contributed by atoms with E-state index >= 15 is 0 Å². The predicted molar refractivity (Wildman–Crippen MR) is 72.2 cm³/mol. The van der Waals surface area contributed by atoms with Gasteiger partial charge in [0.2, 0.25) is 0 Å². The summed E-state index contributed by atoms with van der Waals surface area (Å²) < 4.78 is 1.87. The van der Waals surface area contributed by atoms with E-state index in [0.29, 0.717) is 6.04 Å². The first-order valence-corrected chi connectivity index (χ1v) is 6.47. The Labute approximate surface area is 105 Å². The molecule has 0 saturated carbocycles. The number of rotatable bonds is 8. The first-order valence-electron chi connectivity index (χ1n) is 6.47. The van der Waals surface area contributed by atoms with Gasteiger partial charge in [0.05, 0.1) is 6.20 Å². The van der Waals surface area contributed by atoms with Gasteiger partial charge in [0.1, 0.15) is 0 Å². The van der Waals surface area contributed by atoms with E-state index in [-0.39, 0.29) is 0 Å². The van der Waals surface area contributed by atoms with E-state index in [1.54, 1.807) is 0 Å². The van der Waals surface area contributed by atoms with Gasteiger partial charge in [-0.15, -0.1) is 0 Å². The van der Waals surface area contributed by atoms with Crippen LogP contribution < -0.4 is 5.32 Å². The molecule has 0 saturated heterocycles. The highest BCUT2D eigenvalue weighted by molar-refractivity contribution is 5.03. The van der Waals surface area contributed by atoms with Crippen molar-refractivity contribution in [3.8, 4) is 0 Å². The lowest BCUT2D eigenvalue weighted by atomic mass is 10.0. The van der Waals surface area contributed by atoms with E-state index in [9.17, 15) is 0 Å². The second-order valence-electron chi connectivity index (χ2n) is 4.91. The molecule has 0 radical (unpaired) electrons. The molecule has 0 aliphatic carbocycles. The smallest absolute Gasteiger partial charge is 0.0521 e. The first kappa shape index (κ1) is 14.2. The van der Waals surface area contributed by atoms with Crippen molar-refractivity contribution in [2.24, 2.45) is 7.05 Å². The monoisotopic (exact) mass is 238 g/mol. The van der Waals surface area contributed by atoms with Crippen molar-refractivity contribution in [1.29, 1.82) is 0 Å². The molecule has 0 aromatic carbocycles. The number of aryl methyl sites for hydroxylation is 2. The number of nitrogens with zero attached hydrogens (tertiary/aromatic N) is 3.